The lowest BCUT2D eigenvalue weighted by Gasteiger charge is -2.12. The lowest BCUT2D eigenvalue weighted by molar-refractivity contribution is -0.121. The minimum atomic E-state index is 0.107. The van der Waals surface area contributed by atoms with Crippen molar-refractivity contribution in [2.75, 3.05) is 6.54 Å². The molecule has 0 radical (unpaired) electrons. The first-order chi connectivity index (χ1) is 10.3. The summed E-state index contributed by atoms with van der Waals surface area (Å²) in [6, 6.07) is 9.51. The van der Waals surface area contributed by atoms with Crippen molar-refractivity contribution in [1.29, 1.82) is 5.26 Å². The SMILES string of the molecule is N#Cc1ccc(CCC(=O)NCCC2=CCCCC2)cc1. The maximum Gasteiger partial charge on any atom is 0.220 e. The number of aryl methyl sites for hydroxylation is 1. The highest BCUT2D eigenvalue weighted by molar-refractivity contribution is 5.76. The van der Waals surface area contributed by atoms with E-state index in [1.165, 1.54) is 31.3 Å². The molecule has 2 rings (SSSR count). The third-order valence-electron chi connectivity index (χ3n) is 3.88. The fraction of sp³-hybridized carbons (Fsp3) is 0.444. The van der Waals surface area contributed by atoms with E-state index in [1.807, 2.05) is 12.1 Å². The largest absolute Gasteiger partial charge is 0.356 e. The van der Waals surface area contributed by atoms with Gasteiger partial charge in [-0.3, -0.25) is 4.79 Å². The number of benzene rings is 1. The molecule has 0 unspecified atom stereocenters. The topological polar surface area (TPSA) is 52.9 Å². The van der Waals surface area contributed by atoms with Crippen LogP contribution in [0, 0.1) is 11.3 Å². The van der Waals surface area contributed by atoms with E-state index in [1.54, 1.807) is 12.1 Å². The normalized spacial score (nSPS) is 14.1. The third-order valence-corrected chi connectivity index (χ3v) is 3.88. The van der Waals surface area contributed by atoms with E-state index in [9.17, 15) is 4.79 Å². The lowest BCUT2D eigenvalue weighted by Crippen LogP contribution is -2.25. The highest BCUT2D eigenvalue weighted by Crippen LogP contribution is 2.19. The van der Waals surface area contributed by atoms with Gasteiger partial charge in [0.1, 0.15) is 0 Å². The van der Waals surface area contributed by atoms with Gasteiger partial charge in [0.05, 0.1) is 11.6 Å². The summed E-state index contributed by atoms with van der Waals surface area (Å²) in [6.07, 6.45) is 9.53. The lowest BCUT2D eigenvalue weighted by atomic mass is 9.97. The number of nitrogens with zero attached hydrogens (tertiary/aromatic N) is 1. The van der Waals surface area contributed by atoms with Crippen molar-refractivity contribution in [1.82, 2.24) is 5.32 Å². The quantitative estimate of drug-likeness (QED) is 0.812. The minimum absolute atomic E-state index is 0.107. The molecule has 0 saturated carbocycles. The Morgan fingerprint density at radius 1 is 1.19 bits per heavy atom. The van der Waals surface area contributed by atoms with Gasteiger partial charge in [0.15, 0.2) is 0 Å². The van der Waals surface area contributed by atoms with Crippen molar-refractivity contribution in [3.8, 4) is 6.07 Å². The van der Waals surface area contributed by atoms with Crippen molar-refractivity contribution in [3.05, 3.63) is 47.0 Å². The van der Waals surface area contributed by atoms with Gasteiger partial charge in [0, 0.05) is 13.0 Å². The van der Waals surface area contributed by atoms with Gasteiger partial charge < -0.3 is 5.32 Å². The molecule has 1 N–H and O–H groups in total. The third kappa shape index (κ3) is 5.43. The van der Waals surface area contributed by atoms with Gasteiger partial charge in [-0.25, -0.2) is 0 Å². The van der Waals surface area contributed by atoms with Crippen molar-refractivity contribution in [2.45, 2.75) is 44.9 Å². The van der Waals surface area contributed by atoms with E-state index in [0.29, 0.717) is 12.0 Å². The van der Waals surface area contributed by atoms with Crippen LogP contribution >= 0.6 is 0 Å². The fourth-order valence-corrected chi connectivity index (χ4v) is 2.59. The van der Waals surface area contributed by atoms with Crippen LogP contribution in [0.1, 0.15) is 49.7 Å². The molecule has 0 atom stereocenters. The van der Waals surface area contributed by atoms with Gasteiger partial charge in [-0.2, -0.15) is 5.26 Å². The molecule has 1 aliphatic carbocycles. The Morgan fingerprint density at radius 3 is 2.67 bits per heavy atom. The van der Waals surface area contributed by atoms with Gasteiger partial charge in [0.25, 0.3) is 0 Å². The van der Waals surface area contributed by atoms with Crippen molar-refractivity contribution < 1.29 is 4.79 Å². The highest BCUT2D eigenvalue weighted by Gasteiger charge is 2.05. The molecule has 0 aliphatic heterocycles. The van der Waals surface area contributed by atoms with Gasteiger partial charge in [-0.1, -0.05) is 23.8 Å². The van der Waals surface area contributed by atoms with E-state index in [0.717, 1.165) is 24.9 Å². The van der Waals surface area contributed by atoms with Gasteiger partial charge in [0.2, 0.25) is 5.91 Å². The second kappa shape index (κ2) is 8.26. The molecule has 0 heterocycles. The maximum absolute atomic E-state index is 11.8. The van der Waals surface area contributed by atoms with Crippen LogP contribution in [0.2, 0.25) is 0 Å². The Kier molecular flexibility index (Phi) is 6.02. The van der Waals surface area contributed by atoms with Crippen LogP contribution in [0.5, 0.6) is 0 Å². The summed E-state index contributed by atoms with van der Waals surface area (Å²) in [7, 11) is 0. The van der Waals surface area contributed by atoms with Crippen molar-refractivity contribution in [3.63, 3.8) is 0 Å². The number of allylic oxidation sites excluding steroid dienone is 1. The summed E-state index contributed by atoms with van der Waals surface area (Å²) in [5, 5.41) is 11.7. The number of nitriles is 1. The van der Waals surface area contributed by atoms with Crippen LogP contribution in [0.15, 0.2) is 35.9 Å². The van der Waals surface area contributed by atoms with Crippen LogP contribution in [0.25, 0.3) is 0 Å². The Labute approximate surface area is 126 Å². The Balaban J connectivity index is 1.65. The monoisotopic (exact) mass is 282 g/mol. The van der Waals surface area contributed by atoms with E-state index in [4.69, 9.17) is 5.26 Å². The average Bonchev–Trinajstić information content (AvgIpc) is 2.54. The summed E-state index contributed by atoms with van der Waals surface area (Å²) >= 11 is 0. The first-order valence-corrected chi connectivity index (χ1v) is 7.71. The number of hydrogen-bond donors (Lipinski definition) is 1. The summed E-state index contributed by atoms with van der Waals surface area (Å²) in [5.74, 6) is 0.107. The molecule has 0 bridgehead atoms. The molecule has 1 amide bonds. The van der Waals surface area contributed by atoms with E-state index < -0.39 is 0 Å². The fourth-order valence-electron chi connectivity index (χ4n) is 2.59. The summed E-state index contributed by atoms with van der Waals surface area (Å²) < 4.78 is 0. The minimum Gasteiger partial charge on any atom is -0.356 e. The second-order valence-corrected chi connectivity index (χ2v) is 5.52. The molecular formula is C18H22N2O. The summed E-state index contributed by atoms with van der Waals surface area (Å²) in [4.78, 5) is 11.8. The summed E-state index contributed by atoms with van der Waals surface area (Å²) in [5.41, 5.74) is 3.25. The van der Waals surface area contributed by atoms with Gasteiger partial charge in [-0.15, -0.1) is 0 Å². The van der Waals surface area contributed by atoms with Crippen LogP contribution in [0.4, 0.5) is 0 Å². The number of amides is 1. The molecule has 1 aromatic carbocycles. The number of carbonyl (C=O) groups is 1. The van der Waals surface area contributed by atoms with Crippen LogP contribution in [-0.2, 0) is 11.2 Å². The van der Waals surface area contributed by atoms with Crippen molar-refractivity contribution in [2.24, 2.45) is 0 Å². The predicted octanol–water partition coefficient (Wildman–Crippen LogP) is 3.50. The number of hydrogen-bond acceptors (Lipinski definition) is 2. The molecule has 0 spiro atoms. The van der Waals surface area contributed by atoms with E-state index in [-0.39, 0.29) is 5.91 Å². The number of rotatable bonds is 6. The van der Waals surface area contributed by atoms with Crippen molar-refractivity contribution >= 4 is 5.91 Å². The first kappa shape index (κ1) is 15.3. The van der Waals surface area contributed by atoms with Crippen LogP contribution in [-0.4, -0.2) is 12.5 Å². The van der Waals surface area contributed by atoms with E-state index >= 15 is 0 Å². The Hall–Kier alpha value is -2.08. The zero-order chi connectivity index (χ0) is 14.9. The molecule has 110 valence electrons. The molecule has 3 nitrogen and oxygen atoms in total. The summed E-state index contributed by atoms with van der Waals surface area (Å²) in [6.45, 7) is 0.748. The Morgan fingerprint density at radius 2 is 2.00 bits per heavy atom. The molecule has 0 fully saturated rings. The number of nitrogens with one attached hydrogen (secondary N) is 1. The van der Waals surface area contributed by atoms with Crippen LogP contribution < -0.4 is 5.32 Å². The average molecular weight is 282 g/mol. The van der Waals surface area contributed by atoms with Gasteiger partial charge in [-0.05, 0) is 56.2 Å². The highest BCUT2D eigenvalue weighted by atomic mass is 16.1. The number of carbonyl (C=O) groups excluding carboxylic acids is 1. The molecule has 3 heteroatoms. The molecule has 0 saturated heterocycles. The van der Waals surface area contributed by atoms with Crippen LogP contribution in [0.3, 0.4) is 0 Å². The first-order valence-electron chi connectivity index (χ1n) is 7.71. The van der Waals surface area contributed by atoms with Gasteiger partial charge >= 0.3 is 0 Å². The predicted molar refractivity (Wildman–Crippen MR) is 83.7 cm³/mol. The molecule has 0 aromatic heterocycles. The second-order valence-electron chi connectivity index (χ2n) is 5.52. The molecule has 1 aliphatic rings. The smallest absolute Gasteiger partial charge is 0.220 e. The molecular weight excluding hydrogens is 260 g/mol. The molecule has 1 aromatic rings. The zero-order valence-corrected chi connectivity index (χ0v) is 12.4. The Bertz CT molecular complexity index is 537. The standard InChI is InChI=1S/C18H22N2O/c19-14-17-8-6-16(7-9-17)10-11-18(21)20-13-12-15-4-2-1-3-5-15/h4,6-9H,1-3,5,10-13H2,(H,20,21). The van der Waals surface area contributed by atoms with E-state index in [2.05, 4.69) is 17.5 Å². The maximum atomic E-state index is 11.8. The molecule has 21 heavy (non-hydrogen) atoms. The zero-order valence-electron chi connectivity index (χ0n) is 12.4.